The van der Waals surface area contributed by atoms with E-state index >= 15 is 0 Å². The zero-order valence-corrected chi connectivity index (χ0v) is 28.9. The predicted molar refractivity (Wildman–Crippen MR) is 180 cm³/mol. The van der Waals surface area contributed by atoms with Crippen LogP contribution in [0.3, 0.4) is 0 Å². The van der Waals surface area contributed by atoms with Crippen molar-refractivity contribution in [1.82, 2.24) is 0 Å². The molecule has 0 spiro atoms. The summed E-state index contributed by atoms with van der Waals surface area (Å²) >= 11 is 0. The molecule has 0 aliphatic carbocycles. The van der Waals surface area contributed by atoms with Crippen LogP contribution in [0.15, 0.2) is 48.6 Å². The predicted octanol–water partition coefficient (Wildman–Crippen LogP) is 1.56. The molecule has 14 nitrogen and oxygen atoms in total. The fourth-order valence-corrected chi connectivity index (χ4v) is 6.35. The molecule has 0 amide bonds. The van der Waals surface area contributed by atoms with Crippen molar-refractivity contribution in [2.45, 2.75) is 139 Å². The summed E-state index contributed by atoms with van der Waals surface area (Å²) in [7, 11) is 0. The molecule has 2 fully saturated rings. The average molecular weight is 710 g/mol. The van der Waals surface area contributed by atoms with E-state index in [9.17, 15) is 45.0 Å². The van der Waals surface area contributed by atoms with Gasteiger partial charge in [0.15, 0.2) is 12.1 Å². The lowest BCUT2D eigenvalue weighted by atomic mass is 9.85. The number of ketones is 1. The van der Waals surface area contributed by atoms with E-state index in [1.165, 1.54) is 0 Å². The third-order valence-electron chi connectivity index (χ3n) is 9.30. The van der Waals surface area contributed by atoms with Crippen molar-refractivity contribution in [3.63, 3.8) is 0 Å². The number of aliphatic carboxylic acids is 1. The molecule has 0 aromatic heterocycles. The quantitative estimate of drug-likeness (QED) is 0.205. The van der Waals surface area contributed by atoms with Gasteiger partial charge in [0.05, 0.1) is 55.0 Å². The Morgan fingerprint density at radius 3 is 2.44 bits per heavy atom. The van der Waals surface area contributed by atoms with Crippen molar-refractivity contribution < 1.29 is 64.0 Å². The van der Waals surface area contributed by atoms with Gasteiger partial charge in [-0.05, 0) is 32.6 Å². The van der Waals surface area contributed by atoms with Gasteiger partial charge in [0.1, 0.15) is 18.0 Å². The number of hydrogen-bond donors (Lipinski definition) is 7. The summed E-state index contributed by atoms with van der Waals surface area (Å²) in [6.07, 6.45) is 5.98. The Kier molecular flexibility index (Phi) is 16.9. The highest BCUT2D eigenvalue weighted by atomic mass is 16.7. The molecule has 0 saturated carbocycles. The second kappa shape index (κ2) is 20.3. The van der Waals surface area contributed by atoms with E-state index in [-0.39, 0.29) is 63.8 Å². The molecule has 3 heterocycles. The Balaban J connectivity index is 1.83. The topological polar surface area (TPSA) is 236 Å². The van der Waals surface area contributed by atoms with Crippen molar-refractivity contribution >= 4 is 17.7 Å². The summed E-state index contributed by atoms with van der Waals surface area (Å²) in [5.74, 6) is -5.73. The molecule has 50 heavy (non-hydrogen) atoms. The standard InChI is InChI=1S/C36H55NO13/c1-3-26-28(40)18-23(38)13-11-14-24(39)20-36(46)17-16-27(33(43)44)30(50-36)19-25(49-35-32(42)31(37)29(41)21-47-35)15-10-8-6-4-5-7-9-12-22(2)48-34(26)45/h4-10,15,22,24-32,35,39-42,46H,3,11-14,16-21,37H2,1-2H3,(H,43,44)/b5-4+,8-6+,9-7+,15-10+/t22-,24+,25+,26?,27-,28-,29-,30+,31+,32+,35+,36+/m1/s1. The van der Waals surface area contributed by atoms with E-state index < -0.39 is 84.6 Å². The molecule has 3 aliphatic rings. The van der Waals surface area contributed by atoms with Crippen molar-refractivity contribution in [1.29, 1.82) is 0 Å². The zero-order valence-electron chi connectivity index (χ0n) is 28.9. The molecule has 14 heteroatoms. The van der Waals surface area contributed by atoms with Gasteiger partial charge in [0.25, 0.3) is 0 Å². The second-order valence-electron chi connectivity index (χ2n) is 13.5. The summed E-state index contributed by atoms with van der Waals surface area (Å²) in [6.45, 7) is 3.29. The molecule has 0 radical (unpaired) electrons. The number of allylic oxidation sites excluding steroid dienone is 6. The van der Waals surface area contributed by atoms with Gasteiger partial charge in [-0.3, -0.25) is 14.4 Å². The van der Waals surface area contributed by atoms with Crippen LogP contribution in [-0.2, 0) is 33.3 Å². The number of aliphatic hydroxyl groups excluding tert-OH is 4. The van der Waals surface area contributed by atoms with Gasteiger partial charge in [-0.1, -0.05) is 55.5 Å². The largest absolute Gasteiger partial charge is 0.481 e. The summed E-state index contributed by atoms with van der Waals surface area (Å²) in [6, 6.07) is -1.03. The summed E-state index contributed by atoms with van der Waals surface area (Å²) in [4.78, 5) is 37.6. The second-order valence-corrected chi connectivity index (χ2v) is 13.5. The molecule has 0 aromatic rings. The minimum atomic E-state index is -1.87. The van der Waals surface area contributed by atoms with Gasteiger partial charge < -0.3 is 55.3 Å². The van der Waals surface area contributed by atoms with E-state index in [4.69, 9.17) is 24.7 Å². The number of rotatable bonds is 4. The molecule has 1 unspecified atom stereocenters. The smallest absolute Gasteiger partial charge is 0.311 e. The van der Waals surface area contributed by atoms with Crippen LogP contribution in [0.1, 0.15) is 78.1 Å². The third kappa shape index (κ3) is 13.1. The molecule has 2 bridgehead atoms. The minimum absolute atomic E-state index is 0.0346. The number of hydrogen-bond acceptors (Lipinski definition) is 13. The van der Waals surface area contributed by atoms with Crippen LogP contribution in [0.4, 0.5) is 0 Å². The van der Waals surface area contributed by atoms with Gasteiger partial charge in [-0.2, -0.15) is 0 Å². The first kappa shape index (κ1) is 41.6. The maximum Gasteiger partial charge on any atom is 0.311 e. The number of aliphatic hydroxyl groups is 5. The molecular formula is C36H55NO13. The Bertz CT molecular complexity index is 1220. The molecule has 2 saturated heterocycles. The van der Waals surface area contributed by atoms with Gasteiger partial charge in [0, 0.05) is 38.5 Å². The van der Waals surface area contributed by atoms with Crippen molar-refractivity contribution in [3.05, 3.63) is 48.6 Å². The monoisotopic (exact) mass is 709 g/mol. The summed E-state index contributed by atoms with van der Waals surface area (Å²) in [5, 5.41) is 63.4. The molecule has 3 aliphatic heterocycles. The number of carbonyl (C=O) groups is 3. The highest BCUT2D eigenvalue weighted by Gasteiger charge is 2.46. The maximum absolute atomic E-state index is 12.7. The average Bonchev–Trinajstić information content (AvgIpc) is 3.03. The fourth-order valence-electron chi connectivity index (χ4n) is 6.35. The number of esters is 1. The first-order valence-electron chi connectivity index (χ1n) is 17.5. The number of ether oxygens (including phenoxy) is 4. The van der Waals surface area contributed by atoms with Gasteiger partial charge in [-0.25, -0.2) is 0 Å². The van der Waals surface area contributed by atoms with Crippen LogP contribution in [0.25, 0.3) is 0 Å². The van der Waals surface area contributed by atoms with Crippen LogP contribution < -0.4 is 5.73 Å². The number of fused-ring (bicyclic) bond motifs is 2. The number of Topliss-reactive ketones (excluding diaryl/α,β-unsaturated/α-hetero) is 1. The lowest BCUT2D eigenvalue weighted by Gasteiger charge is -2.43. The van der Waals surface area contributed by atoms with E-state index in [0.29, 0.717) is 12.8 Å². The molecule has 282 valence electrons. The van der Waals surface area contributed by atoms with Crippen molar-refractivity contribution in [2.75, 3.05) is 6.61 Å². The van der Waals surface area contributed by atoms with Gasteiger partial charge in [-0.15, -0.1) is 0 Å². The van der Waals surface area contributed by atoms with Crippen LogP contribution in [0.2, 0.25) is 0 Å². The highest BCUT2D eigenvalue weighted by Crippen LogP contribution is 2.37. The lowest BCUT2D eigenvalue weighted by molar-refractivity contribution is -0.289. The summed E-state index contributed by atoms with van der Waals surface area (Å²) < 4.78 is 23.0. The molecular weight excluding hydrogens is 654 g/mol. The van der Waals surface area contributed by atoms with Crippen LogP contribution in [-0.4, -0.2) is 116 Å². The number of carbonyl (C=O) groups excluding carboxylic acids is 2. The first-order valence-corrected chi connectivity index (χ1v) is 17.5. The number of carboxylic acids is 1. The Labute approximate surface area is 293 Å². The highest BCUT2D eigenvalue weighted by molar-refractivity contribution is 5.80. The van der Waals surface area contributed by atoms with Crippen LogP contribution in [0, 0.1) is 11.8 Å². The number of carboxylic acid groups (broad SMARTS) is 1. The summed E-state index contributed by atoms with van der Waals surface area (Å²) in [5.41, 5.74) is 5.91. The Hall–Kier alpha value is -2.79. The van der Waals surface area contributed by atoms with Crippen molar-refractivity contribution in [2.24, 2.45) is 17.6 Å². The Morgan fingerprint density at radius 1 is 1.04 bits per heavy atom. The lowest BCUT2D eigenvalue weighted by Crippen LogP contribution is -2.58. The third-order valence-corrected chi connectivity index (χ3v) is 9.30. The molecule has 8 N–H and O–H groups in total. The van der Waals surface area contributed by atoms with E-state index in [1.54, 1.807) is 56.4 Å². The normalized spacial score (nSPS) is 41.7. The van der Waals surface area contributed by atoms with Crippen LogP contribution >= 0.6 is 0 Å². The Morgan fingerprint density at radius 2 is 1.74 bits per heavy atom. The van der Waals surface area contributed by atoms with E-state index in [2.05, 4.69) is 0 Å². The van der Waals surface area contributed by atoms with Gasteiger partial charge in [0.2, 0.25) is 0 Å². The van der Waals surface area contributed by atoms with E-state index in [0.717, 1.165) is 0 Å². The SMILES string of the molecule is CCC1C(=O)O[C@H](C)C/C=C/C=C/C=C/C=C/[C@H](O[C@@H]2OC[C@@H](O)[C@H](N)[C@@H]2O)C[C@@H]2O[C@@](O)(CC[C@H]2C(=O)O)C[C@@H](O)CCCC(=O)C[C@H]1O. The molecule has 12 atom stereocenters. The molecule has 0 aromatic carbocycles. The maximum atomic E-state index is 12.7. The zero-order chi connectivity index (χ0) is 36.8. The van der Waals surface area contributed by atoms with Gasteiger partial charge >= 0.3 is 11.9 Å². The fraction of sp³-hybridized carbons (Fsp3) is 0.694. The molecule has 3 rings (SSSR count). The van der Waals surface area contributed by atoms with Crippen LogP contribution in [0.5, 0.6) is 0 Å². The van der Waals surface area contributed by atoms with Crippen molar-refractivity contribution in [3.8, 4) is 0 Å². The first-order chi connectivity index (χ1) is 23.7. The van der Waals surface area contributed by atoms with E-state index in [1.807, 2.05) is 6.08 Å². The minimum Gasteiger partial charge on any atom is -0.481 e. The number of nitrogens with two attached hydrogens (primary N) is 1. The number of cyclic esters (lactones) is 1.